The van der Waals surface area contributed by atoms with E-state index < -0.39 is 0 Å². The molecule has 0 aromatic carbocycles. The minimum absolute atomic E-state index is 0.122. The van der Waals surface area contributed by atoms with Crippen LogP contribution in [0.3, 0.4) is 0 Å². The molecule has 1 saturated carbocycles. The fraction of sp³-hybridized carbons (Fsp3) is 0.583. The Kier molecular flexibility index (Phi) is 4.59. The summed E-state index contributed by atoms with van der Waals surface area (Å²) in [5, 5.41) is 2.95. The first-order chi connectivity index (χ1) is 8.15. The Hall–Kier alpha value is -0.390. The van der Waals surface area contributed by atoms with E-state index in [1.54, 1.807) is 11.3 Å². The number of hydrogen-bond donors (Lipinski definition) is 2. The highest BCUT2D eigenvalue weighted by molar-refractivity contribution is 9.11. The quantitative estimate of drug-likeness (QED) is 0.897. The Labute approximate surface area is 114 Å². The van der Waals surface area contributed by atoms with E-state index in [1.165, 1.54) is 4.88 Å². The zero-order chi connectivity index (χ0) is 12.3. The van der Waals surface area contributed by atoms with Crippen LogP contribution in [0.1, 0.15) is 30.6 Å². The summed E-state index contributed by atoms with van der Waals surface area (Å²) in [6.07, 6.45) is 3.90. The lowest BCUT2D eigenvalue weighted by Gasteiger charge is -2.14. The highest BCUT2D eigenvalue weighted by Crippen LogP contribution is 2.27. The number of amides is 1. The third-order valence-electron chi connectivity index (χ3n) is 3.25. The number of hydrogen-bond acceptors (Lipinski definition) is 3. The zero-order valence-electron chi connectivity index (χ0n) is 9.62. The van der Waals surface area contributed by atoms with Gasteiger partial charge in [-0.15, -0.1) is 11.3 Å². The molecule has 3 N–H and O–H groups in total. The second-order valence-electron chi connectivity index (χ2n) is 4.54. The first kappa shape index (κ1) is 13.1. The standard InChI is InChI=1S/C12H17BrN2OS/c13-11-5-4-9(17-11)7-15-12(16)6-8-2-1-3-10(8)14/h4-5,8,10H,1-3,6-7,14H2,(H,15,16)/t8-,10+/m0/s1. The topological polar surface area (TPSA) is 55.1 Å². The molecule has 94 valence electrons. The number of thiophene rings is 1. The van der Waals surface area contributed by atoms with Crippen molar-refractivity contribution >= 4 is 33.2 Å². The number of carbonyl (C=O) groups is 1. The third-order valence-corrected chi connectivity index (χ3v) is 4.88. The van der Waals surface area contributed by atoms with Gasteiger partial charge in [0.2, 0.25) is 5.91 Å². The second kappa shape index (κ2) is 5.98. The molecule has 2 atom stereocenters. The fourth-order valence-corrected chi connectivity index (χ4v) is 3.68. The lowest BCUT2D eigenvalue weighted by atomic mass is 10.00. The molecule has 17 heavy (non-hydrogen) atoms. The average molecular weight is 317 g/mol. The molecule has 0 radical (unpaired) electrons. The molecular formula is C12H17BrN2OS. The van der Waals surface area contributed by atoms with Crippen molar-refractivity contribution in [3.63, 3.8) is 0 Å². The highest BCUT2D eigenvalue weighted by atomic mass is 79.9. The zero-order valence-corrected chi connectivity index (χ0v) is 12.0. The van der Waals surface area contributed by atoms with Crippen molar-refractivity contribution in [2.24, 2.45) is 11.7 Å². The van der Waals surface area contributed by atoms with Crippen molar-refractivity contribution in [2.75, 3.05) is 0 Å². The van der Waals surface area contributed by atoms with Gasteiger partial charge in [0.15, 0.2) is 0 Å². The van der Waals surface area contributed by atoms with Crippen molar-refractivity contribution in [3.05, 3.63) is 20.8 Å². The Balaban J connectivity index is 1.74. The highest BCUT2D eigenvalue weighted by Gasteiger charge is 2.25. The molecular weight excluding hydrogens is 300 g/mol. The van der Waals surface area contributed by atoms with Crippen molar-refractivity contribution in [2.45, 2.75) is 38.3 Å². The minimum atomic E-state index is 0.122. The maximum Gasteiger partial charge on any atom is 0.220 e. The first-order valence-corrected chi connectivity index (χ1v) is 7.52. The number of nitrogens with two attached hydrogens (primary N) is 1. The van der Waals surface area contributed by atoms with Gasteiger partial charge in [0.25, 0.3) is 0 Å². The van der Waals surface area contributed by atoms with Crippen molar-refractivity contribution in [3.8, 4) is 0 Å². The van der Waals surface area contributed by atoms with Crippen LogP contribution in [0.15, 0.2) is 15.9 Å². The summed E-state index contributed by atoms with van der Waals surface area (Å²) in [6.45, 7) is 0.622. The van der Waals surface area contributed by atoms with E-state index in [-0.39, 0.29) is 11.9 Å². The Bertz CT molecular complexity index is 394. The fourth-order valence-electron chi connectivity index (χ4n) is 2.26. The van der Waals surface area contributed by atoms with Crippen LogP contribution >= 0.6 is 27.3 Å². The van der Waals surface area contributed by atoms with Gasteiger partial charge in [-0.1, -0.05) is 6.42 Å². The Morgan fingerprint density at radius 2 is 2.35 bits per heavy atom. The number of rotatable bonds is 4. The summed E-state index contributed by atoms with van der Waals surface area (Å²) in [7, 11) is 0. The SMILES string of the molecule is N[C@@H]1CCC[C@H]1CC(=O)NCc1ccc(Br)s1. The molecule has 0 spiro atoms. The Morgan fingerprint density at radius 3 is 2.94 bits per heavy atom. The van der Waals surface area contributed by atoms with Gasteiger partial charge in [-0.2, -0.15) is 0 Å². The maximum absolute atomic E-state index is 11.8. The van der Waals surface area contributed by atoms with Crippen molar-refractivity contribution < 1.29 is 4.79 Å². The van der Waals surface area contributed by atoms with E-state index in [0.717, 1.165) is 23.0 Å². The summed E-state index contributed by atoms with van der Waals surface area (Å²) in [5.41, 5.74) is 5.95. The third kappa shape index (κ3) is 3.79. The van der Waals surface area contributed by atoms with E-state index in [1.807, 2.05) is 12.1 Å². The van der Waals surface area contributed by atoms with E-state index in [0.29, 0.717) is 18.9 Å². The van der Waals surface area contributed by atoms with Crippen LogP contribution in [-0.4, -0.2) is 11.9 Å². The molecule has 0 aliphatic heterocycles. The number of halogens is 1. The van der Waals surface area contributed by atoms with Crippen LogP contribution in [-0.2, 0) is 11.3 Å². The van der Waals surface area contributed by atoms with E-state index >= 15 is 0 Å². The molecule has 3 nitrogen and oxygen atoms in total. The lowest BCUT2D eigenvalue weighted by molar-refractivity contribution is -0.122. The van der Waals surface area contributed by atoms with Crippen molar-refractivity contribution in [1.82, 2.24) is 5.32 Å². The molecule has 5 heteroatoms. The molecule has 1 aromatic heterocycles. The van der Waals surface area contributed by atoms with E-state index in [4.69, 9.17) is 5.73 Å². The van der Waals surface area contributed by atoms with Crippen LogP contribution in [0, 0.1) is 5.92 Å². The molecule has 0 saturated heterocycles. The van der Waals surface area contributed by atoms with Gasteiger partial charge in [-0.05, 0) is 46.8 Å². The average Bonchev–Trinajstić information content (AvgIpc) is 2.86. The van der Waals surface area contributed by atoms with Gasteiger partial charge in [-0.3, -0.25) is 4.79 Å². The molecule has 1 fully saturated rings. The van der Waals surface area contributed by atoms with Crippen LogP contribution in [0.5, 0.6) is 0 Å². The largest absolute Gasteiger partial charge is 0.351 e. The Morgan fingerprint density at radius 1 is 1.53 bits per heavy atom. The monoisotopic (exact) mass is 316 g/mol. The second-order valence-corrected chi connectivity index (χ2v) is 7.09. The predicted molar refractivity (Wildman–Crippen MR) is 73.8 cm³/mol. The summed E-state index contributed by atoms with van der Waals surface area (Å²) >= 11 is 5.06. The smallest absolute Gasteiger partial charge is 0.220 e. The normalized spacial score (nSPS) is 23.9. The molecule has 1 aliphatic carbocycles. The van der Waals surface area contributed by atoms with Crippen LogP contribution in [0.25, 0.3) is 0 Å². The molecule has 1 amide bonds. The molecule has 2 rings (SSSR count). The number of carbonyl (C=O) groups excluding carboxylic acids is 1. The lowest BCUT2D eigenvalue weighted by Crippen LogP contribution is -2.31. The molecule has 1 aliphatic rings. The van der Waals surface area contributed by atoms with Crippen molar-refractivity contribution in [1.29, 1.82) is 0 Å². The van der Waals surface area contributed by atoms with Gasteiger partial charge in [-0.25, -0.2) is 0 Å². The van der Waals surface area contributed by atoms with Gasteiger partial charge >= 0.3 is 0 Å². The summed E-state index contributed by atoms with van der Waals surface area (Å²) in [4.78, 5) is 12.9. The molecule has 0 unspecified atom stereocenters. The van der Waals surface area contributed by atoms with E-state index in [9.17, 15) is 4.79 Å². The van der Waals surface area contributed by atoms with Gasteiger partial charge < -0.3 is 11.1 Å². The van der Waals surface area contributed by atoms with E-state index in [2.05, 4.69) is 21.2 Å². The van der Waals surface area contributed by atoms with Gasteiger partial charge in [0, 0.05) is 17.3 Å². The van der Waals surface area contributed by atoms with Crippen LogP contribution in [0.4, 0.5) is 0 Å². The maximum atomic E-state index is 11.8. The van der Waals surface area contributed by atoms with Crippen LogP contribution < -0.4 is 11.1 Å². The van der Waals surface area contributed by atoms with Gasteiger partial charge in [0.05, 0.1) is 10.3 Å². The molecule has 1 aromatic rings. The van der Waals surface area contributed by atoms with Crippen LogP contribution in [0.2, 0.25) is 0 Å². The first-order valence-electron chi connectivity index (χ1n) is 5.91. The summed E-state index contributed by atoms with van der Waals surface area (Å²) < 4.78 is 1.10. The molecule has 0 bridgehead atoms. The van der Waals surface area contributed by atoms with Gasteiger partial charge in [0.1, 0.15) is 0 Å². The summed E-state index contributed by atoms with van der Waals surface area (Å²) in [6, 6.07) is 4.24. The predicted octanol–water partition coefficient (Wildman–Crippen LogP) is 2.64. The number of nitrogens with one attached hydrogen (secondary N) is 1. The summed E-state index contributed by atoms with van der Waals surface area (Å²) in [5.74, 6) is 0.502. The molecule has 1 heterocycles. The minimum Gasteiger partial charge on any atom is -0.351 e.